The van der Waals surface area contributed by atoms with Crippen LogP contribution in [-0.4, -0.2) is 93.7 Å². The lowest BCUT2D eigenvalue weighted by Crippen LogP contribution is -2.65. The first-order valence-electron chi connectivity index (χ1n) is 11.1. The zero-order valence-electron chi connectivity index (χ0n) is 19.4. The van der Waals surface area contributed by atoms with Gasteiger partial charge in [0.2, 0.25) is 11.8 Å². The first-order valence-corrected chi connectivity index (χ1v) is 11.1. The summed E-state index contributed by atoms with van der Waals surface area (Å²) in [5, 5.41) is 15.2. The molecular formula is C23H26N6O7. The number of rotatable bonds is 8. The highest BCUT2D eigenvalue weighted by Gasteiger charge is 2.39. The zero-order valence-corrected chi connectivity index (χ0v) is 19.4. The number of aliphatic carboxylic acids is 1. The van der Waals surface area contributed by atoms with E-state index in [9.17, 15) is 28.8 Å². The van der Waals surface area contributed by atoms with Gasteiger partial charge in [0, 0.05) is 24.7 Å². The normalized spacial score (nSPS) is 17.1. The van der Waals surface area contributed by atoms with Gasteiger partial charge in [-0.2, -0.15) is 0 Å². The fraction of sp³-hybridized carbons (Fsp3) is 0.348. The molecule has 3 rings (SSSR count). The van der Waals surface area contributed by atoms with Crippen molar-refractivity contribution in [3.05, 3.63) is 42.2 Å². The van der Waals surface area contributed by atoms with E-state index >= 15 is 0 Å². The van der Waals surface area contributed by atoms with Crippen LogP contribution < -0.4 is 16.4 Å². The summed E-state index contributed by atoms with van der Waals surface area (Å²) in [4.78, 5) is 79.4. The highest BCUT2D eigenvalue weighted by atomic mass is 16.4. The fourth-order valence-corrected chi connectivity index (χ4v) is 3.95. The van der Waals surface area contributed by atoms with Gasteiger partial charge in [0.25, 0.3) is 5.91 Å². The second-order valence-corrected chi connectivity index (χ2v) is 8.26. The molecule has 3 atom stereocenters. The number of aldehydes is 1. The summed E-state index contributed by atoms with van der Waals surface area (Å²) in [6.07, 6.45) is 1.10. The molecule has 5 N–H and O–H groups in total. The highest BCUT2D eigenvalue weighted by molar-refractivity contribution is 6.06. The van der Waals surface area contributed by atoms with Gasteiger partial charge in [0.15, 0.2) is 0 Å². The van der Waals surface area contributed by atoms with Crippen molar-refractivity contribution in [1.29, 1.82) is 0 Å². The summed E-state index contributed by atoms with van der Waals surface area (Å²) >= 11 is 0. The van der Waals surface area contributed by atoms with Gasteiger partial charge in [-0.3, -0.25) is 24.2 Å². The van der Waals surface area contributed by atoms with Crippen molar-refractivity contribution in [2.45, 2.75) is 31.5 Å². The van der Waals surface area contributed by atoms with Crippen molar-refractivity contribution in [2.24, 2.45) is 5.73 Å². The molecule has 13 nitrogen and oxygen atoms in total. The van der Waals surface area contributed by atoms with E-state index in [0.717, 1.165) is 10.3 Å². The zero-order chi connectivity index (χ0) is 26.4. The molecule has 0 radical (unpaired) electrons. The Hall–Kier alpha value is -4.55. The number of carboxylic acid groups (broad SMARTS) is 1. The van der Waals surface area contributed by atoms with Gasteiger partial charge in [0.05, 0.1) is 19.0 Å². The number of carboxylic acids is 1. The Morgan fingerprint density at radius 3 is 2.56 bits per heavy atom. The number of nitrogens with one attached hydrogen (secondary N) is 2. The molecule has 0 spiro atoms. The second-order valence-electron chi connectivity index (χ2n) is 8.26. The third kappa shape index (κ3) is 5.92. The van der Waals surface area contributed by atoms with E-state index in [2.05, 4.69) is 15.6 Å². The van der Waals surface area contributed by atoms with Gasteiger partial charge in [-0.1, -0.05) is 24.3 Å². The maximum atomic E-state index is 13.3. The quantitative estimate of drug-likeness (QED) is 0.336. The lowest BCUT2D eigenvalue weighted by Gasteiger charge is -2.41. The molecule has 190 valence electrons. The van der Waals surface area contributed by atoms with Crippen molar-refractivity contribution in [1.82, 2.24) is 25.4 Å². The molecular weight excluding hydrogens is 472 g/mol. The van der Waals surface area contributed by atoms with Crippen molar-refractivity contribution >= 4 is 46.8 Å². The summed E-state index contributed by atoms with van der Waals surface area (Å²) in [6, 6.07) is 4.41. The Morgan fingerprint density at radius 1 is 1.17 bits per heavy atom. The van der Waals surface area contributed by atoms with Gasteiger partial charge in [0.1, 0.15) is 24.1 Å². The summed E-state index contributed by atoms with van der Waals surface area (Å²) in [5.41, 5.74) is 5.46. The van der Waals surface area contributed by atoms with E-state index in [1.807, 2.05) is 12.1 Å². The smallest absolute Gasteiger partial charge is 0.314 e. The van der Waals surface area contributed by atoms with Crippen molar-refractivity contribution in [3.63, 3.8) is 0 Å². The number of nitrogens with zero attached hydrogens (tertiary/aromatic N) is 3. The van der Waals surface area contributed by atoms with Crippen LogP contribution in [0.3, 0.4) is 0 Å². The van der Waals surface area contributed by atoms with E-state index < -0.39 is 54.3 Å². The third-order valence-electron chi connectivity index (χ3n) is 5.77. The number of hydrogen-bond acceptors (Lipinski definition) is 7. The lowest BCUT2D eigenvalue weighted by molar-refractivity contribution is -0.145. The molecule has 2 heterocycles. The van der Waals surface area contributed by atoms with Crippen LogP contribution in [0.4, 0.5) is 4.79 Å². The molecule has 1 fully saturated rings. The van der Waals surface area contributed by atoms with Gasteiger partial charge in [-0.15, -0.1) is 0 Å². The van der Waals surface area contributed by atoms with E-state index in [4.69, 9.17) is 10.8 Å². The molecule has 0 saturated carbocycles. The molecule has 1 aliphatic heterocycles. The molecule has 0 aliphatic carbocycles. The summed E-state index contributed by atoms with van der Waals surface area (Å²) < 4.78 is 0. The number of aromatic nitrogens is 1. The Bertz CT molecular complexity index is 1200. The van der Waals surface area contributed by atoms with Crippen LogP contribution in [0.25, 0.3) is 10.8 Å². The standard InChI is InChI=1S/C23H26N6O7/c1-13(26-21(34)19-16-5-3-2-4-14(16)6-7-25-19)22(35)29-9-8-28(23(24)36)11-17(29)20(33)27-15(12-30)10-18(31)32/h2-7,12-13,15,17H,8-11H2,1H3,(H2,24,36)(H,26,34)(H,27,33)(H,31,32)/t13-,15-,17-/m0/s1. The van der Waals surface area contributed by atoms with Gasteiger partial charge in [-0.25, -0.2) is 4.79 Å². The van der Waals surface area contributed by atoms with Gasteiger partial charge in [-0.05, 0) is 18.4 Å². The number of hydrogen-bond donors (Lipinski definition) is 4. The monoisotopic (exact) mass is 498 g/mol. The van der Waals surface area contributed by atoms with Crippen molar-refractivity contribution in [2.75, 3.05) is 19.6 Å². The number of amides is 5. The van der Waals surface area contributed by atoms with Gasteiger partial charge >= 0.3 is 12.0 Å². The summed E-state index contributed by atoms with van der Waals surface area (Å²) in [7, 11) is 0. The topological polar surface area (TPSA) is 192 Å². The molecule has 1 saturated heterocycles. The fourth-order valence-electron chi connectivity index (χ4n) is 3.95. The van der Waals surface area contributed by atoms with Crippen LogP contribution in [-0.2, 0) is 19.2 Å². The Kier molecular flexibility index (Phi) is 8.14. The number of nitrogens with two attached hydrogens (primary N) is 1. The first kappa shape index (κ1) is 26.1. The number of fused-ring (bicyclic) bond motifs is 1. The first-order chi connectivity index (χ1) is 17.1. The predicted octanol–water partition coefficient (Wildman–Crippen LogP) is -0.897. The van der Waals surface area contributed by atoms with Crippen LogP contribution in [0.5, 0.6) is 0 Å². The lowest BCUT2D eigenvalue weighted by atomic mass is 10.1. The SMILES string of the molecule is C[C@H](NC(=O)c1nccc2ccccc12)C(=O)N1CCN(C(N)=O)C[C@H]1C(=O)N[C@H](C=O)CC(=O)O. The minimum absolute atomic E-state index is 0.0443. The van der Waals surface area contributed by atoms with Crippen molar-refractivity contribution < 1.29 is 33.9 Å². The molecule has 1 aliphatic rings. The third-order valence-corrected chi connectivity index (χ3v) is 5.77. The second kappa shape index (κ2) is 11.3. The highest BCUT2D eigenvalue weighted by Crippen LogP contribution is 2.17. The molecule has 1 aromatic carbocycles. The number of carbonyl (C=O) groups excluding carboxylic acids is 5. The van der Waals surface area contributed by atoms with E-state index in [1.54, 1.807) is 18.2 Å². The predicted molar refractivity (Wildman–Crippen MR) is 126 cm³/mol. The van der Waals surface area contributed by atoms with Crippen LogP contribution in [0.2, 0.25) is 0 Å². The maximum absolute atomic E-state index is 13.3. The molecule has 36 heavy (non-hydrogen) atoms. The summed E-state index contributed by atoms with van der Waals surface area (Å²) in [6.45, 7) is 1.15. The molecule has 2 aromatic rings. The maximum Gasteiger partial charge on any atom is 0.314 e. The van der Waals surface area contributed by atoms with Gasteiger partial charge < -0.3 is 36.1 Å². The van der Waals surface area contributed by atoms with Crippen LogP contribution in [0, 0.1) is 0 Å². The van der Waals surface area contributed by atoms with E-state index in [0.29, 0.717) is 5.39 Å². The number of primary amides is 1. The minimum atomic E-state index is -1.33. The van der Waals surface area contributed by atoms with E-state index in [1.165, 1.54) is 18.0 Å². The Labute approximate surface area is 205 Å². The number of carbonyl (C=O) groups is 6. The molecule has 13 heteroatoms. The number of benzene rings is 1. The molecule has 0 bridgehead atoms. The van der Waals surface area contributed by atoms with E-state index in [-0.39, 0.29) is 31.6 Å². The number of urea groups is 1. The minimum Gasteiger partial charge on any atom is -0.481 e. The Balaban J connectivity index is 1.78. The largest absolute Gasteiger partial charge is 0.481 e. The molecule has 1 aromatic heterocycles. The number of piperazine rings is 1. The average molecular weight is 498 g/mol. The molecule has 0 unspecified atom stereocenters. The van der Waals surface area contributed by atoms with Crippen LogP contribution >= 0.6 is 0 Å². The number of pyridine rings is 1. The molecule has 5 amide bonds. The summed E-state index contributed by atoms with van der Waals surface area (Å²) in [5.74, 6) is -3.34. The van der Waals surface area contributed by atoms with Crippen molar-refractivity contribution in [3.8, 4) is 0 Å². The van der Waals surface area contributed by atoms with Crippen LogP contribution in [0.1, 0.15) is 23.8 Å². The Morgan fingerprint density at radius 2 is 1.89 bits per heavy atom. The average Bonchev–Trinajstić information content (AvgIpc) is 2.86. The van der Waals surface area contributed by atoms with Crippen LogP contribution in [0.15, 0.2) is 36.5 Å².